The van der Waals surface area contributed by atoms with Gasteiger partial charge in [-0.3, -0.25) is 9.59 Å². The first-order chi connectivity index (χ1) is 15.8. The summed E-state index contributed by atoms with van der Waals surface area (Å²) in [6, 6.07) is 0.0526. The fourth-order valence-corrected chi connectivity index (χ4v) is 7.42. The molecule has 1 aliphatic carbocycles. The number of hydrogen-bond acceptors (Lipinski definition) is 7. The van der Waals surface area contributed by atoms with Crippen LogP contribution >= 0.6 is 22.9 Å². The molecule has 0 bridgehead atoms. The molecular weight excluding hydrogens is 493 g/mol. The van der Waals surface area contributed by atoms with Crippen LogP contribution < -0.4 is 10.9 Å². The maximum absolute atomic E-state index is 13.3. The topological polar surface area (TPSA) is 107 Å². The summed E-state index contributed by atoms with van der Waals surface area (Å²) in [6.45, 7) is 1.12. The molecule has 12 heteroatoms. The Kier molecular flexibility index (Phi) is 7.52. The van der Waals surface area contributed by atoms with E-state index in [1.165, 1.54) is 10.8 Å². The molecule has 1 saturated heterocycles. The van der Waals surface area contributed by atoms with E-state index in [1.54, 1.807) is 0 Å². The number of ether oxygens (including phenoxy) is 1. The molecule has 2 fully saturated rings. The Morgan fingerprint density at radius 2 is 2.00 bits per heavy atom. The number of nitrogens with zero attached hydrogens (tertiary/aromatic N) is 2. The van der Waals surface area contributed by atoms with Crippen LogP contribution in [0.2, 0.25) is 5.02 Å². The molecule has 8 nitrogen and oxygen atoms in total. The molecule has 4 rings (SSSR count). The van der Waals surface area contributed by atoms with Crippen LogP contribution in [0.5, 0.6) is 0 Å². The first kappa shape index (κ1) is 24.3. The summed E-state index contributed by atoms with van der Waals surface area (Å²) < 4.78 is 45.9. The Balaban J connectivity index is 1.67. The van der Waals surface area contributed by atoms with Crippen molar-refractivity contribution in [3.63, 3.8) is 0 Å². The number of amides is 1. The average Bonchev–Trinajstić information content (AvgIpc) is 3.46. The predicted molar refractivity (Wildman–Crippen MR) is 123 cm³/mol. The van der Waals surface area contributed by atoms with Crippen LogP contribution in [0, 0.1) is 11.0 Å². The minimum absolute atomic E-state index is 0.0778. The van der Waals surface area contributed by atoms with Gasteiger partial charge < -0.3 is 14.6 Å². The number of rotatable bonds is 7. The van der Waals surface area contributed by atoms with Gasteiger partial charge in [-0.05, 0) is 38.0 Å². The van der Waals surface area contributed by atoms with Crippen molar-refractivity contribution < 1.29 is 22.3 Å². The maximum Gasteiger partial charge on any atom is 0.252 e. The number of halogens is 2. The Hall–Kier alpha value is -1.82. The number of anilines is 1. The van der Waals surface area contributed by atoms with Crippen LogP contribution in [-0.2, 0) is 19.4 Å². The van der Waals surface area contributed by atoms with Gasteiger partial charge in [0.1, 0.15) is 6.04 Å². The number of thiazole rings is 1. The van der Waals surface area contributed by atoms with Gasteiger partial charge >= 0.3 is 0 Å². The average molecular weight is 518 g/mol. The number of carbonyl (C=O) groups excluding carboxylic acids is 1. The molecule has 1 N–H and O–H groups in total. The van der Waals surface area contributed by atoms with Crippen molar-refractivity contribution in [3.05, 3.63) is 39.0 Å². The van der Waals surface area contributed by atoms with Crippen molar-refractivity contribution in [2.75, 3.05) is 18.5 Å². The highest BCUT2D eigenvalue weighted by Crippen LogP contribution is 2.33. The van der Waals surface area contributed by atoms with Crippen molar-refractivity contribution in [1.29, 1.82) is 0 Å². The Labute approximate surface area is 200 Å². The molecule has 1 unspecified atom stereocenters. The summed E-state index contributed by atoms with van der Waals surface area (Å²) in [7, 11) is -3.74. The number of nitrogens with one attached hydrogen (secondary N) is 1. The van der Waals surface area contributed by atoms with Gasteiger partial charge in [0.25, 0.3) is 5.56 Å². The van der Waals surface area contributed by atoms with Gasteiger partial charge in [0.2, 0.25) is 5.91 Å². The van der Waals surface area contributed by atoms with E-state index in [2.05, 4.69) is 10.3 Å². The van der Waals surface area contributed by atoms with E-state index in [9.17, 15) is 22.4 Å². The molecule has 0 radical (unpaired) electrons. The van der Waals surface area contributed by atoms with E-state index in [4.69, 9.17) is 16.3 Å². The van der Waals surface area contributed by atoms with Gasteiger partial charge in [0.15, 0.2) is 20.1 Å². The molecule has 180 valence electrons. The molecule has 1 atom stereocenters. The lowest BCUT2D eigenvalue weighted by Crippen LogP contribution is -2.36. The first-order valence-corrected chi connectivity index (χ1v) is 13.7. The van der Waals surface area contributed by atoms with E-state index in [1.807, 2.05) is 0 Å². The number of aromatic nitrogens is 2. The zero-order valence-electron chi connectivity index (χ0n) is 17.8. The van der Waals surface area contributed by atoms with Crippen molar-refractivity contribution >= 4 is 43.8 Å². The molecule has 2 aromatic heterocycles. The van der Waals surface area contributed by atoms with Crippen molar-refractivity contribution in [1.82, 2.24) is 9.55 Å². The van der Waals surface area contributed by atoms with Crippen LogP contribution in [-0.4, -0.2) is 42.3 Å². The van der Waals surface area contributed by atoms with E-state index >= 15 is 0 Å². The summed E-state index contributed by atoms with van der Waals surface area (Å²) in [6.07, 6.45) is 6.75. The lowest BCUT2D eigenvalue weighted by atomic mass is 9.92. The SMILES string of the molecule is O=C(Nc1ncc(F)s1)C(CC1CCOCC1)n1cc(Cl)c(S(=O)(=O)C2CCCC2)cc1=O. The van der Waals surface area contributed by atoms with Gasteiger partial charge in [0.05, 0.1) is 21.4 Å². The second-order valence-electron chi connectivity index (χ2n) is 8.45. The standard InChI is InChI=1S/C21H25ClFN3O5S2/c22-15-12-26(19(27)10-17(15)33(29,30)14-3-1-2-4-14)16(9-13-5-7-31-8-6-13)20(28)25-21-24-11-18(23)32-21/h10-14,16H,1-9H2,(H,24,25,28). The van der Waals surface area contributed by atoms with E-state index in [-0.39, 0.29) is 21.0 Å². The first-order valence-electron chi connectivity index (χ1n) is 10.9. The van der Waals surface area contributed by atoms with Gasteiger partial charge in [-0.2, -0.15) is 4.39 Å². The highest BCUT2D eigenvalue weighted by Gasteiger charge is 2.34. The fraction of sp³-hybridized carbons (Fsp3) is 0.571. The van der Waals surface area contributed by atoms with Gasteiger partial charge in [-0.15, -0.1) is 0 Å². The Morgan fingerprint density at radius 1 is 1.30 bits per heavy atom. The summed E-state index contributed by atoms with van der Waals surface area (Å²) >= 11 is 7.05. The van der Waals surface area contributed by atoms with Crippen LogP contribution in [0.3, 0.4) is 0 Å². The van der Waals surface area contributed by atoms with Crippen LogP contribution in [0.25, 0.3) is 0 Å². The van der Waals surface area contributed by atoms with Gasteiger partial charge in [0, 0.05) is 25.5 Å². The molecule has 0 spiro atoms. The second kappa shape index (κ2) is 10.2. The third-order valence-electron chi connectivity index (χ3n) is 6.29. The molecule has 33 heavy (non-hydrogen) atoms. The molecule has 1 saturated carbocycles. The summed E-state index contributed by atoms with van der Waals surface area (Å²) in [5.74, 6) is -0.421. The molecule has 3 heterocycles. The number of pyridine rings is 1. The zero-order chi connectivity index (χ0) is 23.6. The second-order valence-corrected chi connectivity index (χ2v) is 12.0. The van der Waals surface area contributed by atoms with E-state index in [0.717, 1.165) is 37.9 Å². The van der Waals surface area contributed by atoms with Crippen LogP contribution in [0.4, 0.5) is 9.52 Å². The predicted octanol–water partition coefficient (Wildman–Crippen LogP) is 3.81. The Bertz CT molecular complexity index is 1170. The lowest BCUT2D eigenvalue weighted by Gasteiger charge is -2.27. The highest BCUT2D eigenvalue weighted by molar-refractivity contribution is 7.92. The van der Waals surface area contributed by atoms with Crippen LogP contribution in [0.1, 0.15) is 51.0 Å². The quantitative estimate of drug-likeness (QED) is 0.598. The summed E-state index contributed by atoms with van der Waals surface area (Å²) in [4.78, 5) is 29.8. The van der Waals surface area contributed by atoms with Crippen molar-refractivity contribution in [2.24, 2.45) is 5.92 Å². The normalized spacial score (nSPS) is 19.0. The molecule has 1 amide bonds. The third-order valence-corrected chi connectivity index (χ3v) is 9.70. The molecular formula is C21H25ClFN3O5S2. The van der Waals surface area contributed by atoms with E-state index < -0.39 is 37.7 Å². The monoisotopic (exact) mass is 517 g/mol. The Morgan fingerprint density at radius 3 is 2.64 bits per heavy atom. The number of carbonyl (C=O) groups is 1. The lowest BCUT2D eigenvalue weighted by molar-refractivity contribution is -0.120. The largest absolute Gasteiger partial charge is 0.381 e. The summed E-state index contributed by atoms with van der Waals surface area (Å²) in [5.41, 5.74) is -0.631. The molecule has 1 aliphatic heterocycles. The number of hydrogen-bond donors (Lipinski definition) is 1. The van der Waals surface area contributed by atoms with E-state index in [0.29, 0.717) is 43.8 Å². The fourth-order valence-electron chi connectivity index (χ4n) is 4.49. The minimum Gasteiger partial charge on any atom is -0.381 e. The maximum atomic E-state index is 13.3. The van der Waals surface area contributed by atoms with Crippen molar-refractivity contribution in [3.8, 4) is 0 Å². The van der Waals surface area contributed by atoms with Gasteiger partial charge in [-0.1, -0.05) is 35.8 Å². The zero-order valence-corrected chi connectivity index (χ0v) is 20.2. The summed E-state index contributed by atoms with van der Waals surface area (Å²) in [5, 5.41) is 1.45. The minimum atomic E-state index is -3.74. The molecule has 0 aromatic carbocycles. The van der Waals surface area contributed by atoms with Crippen LogP contribution in [0.15, 0.2) is 28.2 Å². The number of sulfone groups is 1. The van der Waals surface area contributed by atoms with Crippen molar-refractivity contribution in [2.45, 2.75) is 61.1 Å². The third kappa shape index (κ3) is 5.47. The molecule has 2 aliphatic rings. The van der Waals surface area contributed by atoms with Gasteiger partial charge in [-0.25, -0.2) is 13.4 Å². The highest BCUT2D eigenvalue weighted by atomic mass is 35.5. The smallest absolute Gasteiger partial charge is 0.252 e. The molecule has 2 aromatic rings.